The molecule has 0 N–H and O–H groups in total. The molecule has 0 radical (unpaired) electrons. The lowest BCUT2D eigenvalue weighted by Gasteiger charge is -2.38. The zero-order chi connectivity index (χ0) is 15.7. The molecule has 116 valence electrons. The Bertz CT molecular complexity index is 677. The molecule has 1 aromatic heterocycles. The van der Waals surface area contributed by atoms with Crippen LogP contribution >= 0.6 is 11.3 Å². The number of nitro benzene ring substituents is 1. The van der Waals surface area contributed by atoms with Gasteiger partial charge in [0.2, 0.25) is 0 Å². The summed E-state index contributed by atoms with van der Waals surface area (Å²) in [5.41, 5.74) is 1.21. The van der Waals surface area contributed by atoms with Crippen molar-refractivity contribution in [2.24, 2.45) is 0 Å². The second-order valence-electron chi connectivity index (χ2n) is 5.29. The van der Waals surface area contributed by atoms with Gasteiger partial charge < -0.3 is 9.64 Å². The van der Waals surface area contributed by atoms with Gasteiger partial charge in [-0.1, -0.05) is 0 Å². The molecule has 1 fully saturated rings. The predicted molar refractivity (Wildman–Crippen MR) is 82.9 cm³/mol. The van der Waals surface area contributed by atoms with E-state index < -0.39 is 10.7 Å². The van der Waals surface area contributed by atoms with Gasteiger partial charge in [-0.2, -0.15) is 11.3 Å². The molecule has 7 heteroatoms. The van der Waals surface area contributed by atoms with Gasteiger partial charge in [0.05, 0.1) is 22.8 Å². The lowest BCUT2D eigenvalue weighted by Crippen LogP contribution is -2.43. The number of benzene rings is 1. The molecular weight excluding hydrogens is 307 g/mol. The Kier molecular flexibility index (Phi) is 4.08. The van der Waals surface area contributed by atoms with Gasteiger partial charge >= 0.3 is 0 Å². The standard InChI is InChI=1S/C15H15FN2O3S/c1-10-7-17(8-15(21-10)11-4-5-22-9-11)14-3-2-12(18(19)20)6-13(14)16/h2-6,9-10,15H,7-8H2,1H3. The first-order chi connectivity index (χ1) is 10.5. The molecular formula is C15H15FN2O3S. The lowest BCUT2D eigenvalue weighted by atomic mass is 10.1. The van der Waals surface area contributed by atoms with Crippen molar-refractivity contribution >= 4 is 22.7 Å². The summed E-state index contributed by atoms with van der Waals surface area (Å²) in [4.78, 5) is 12.0. The smallest absolute Gasteiger partial charge is 0.272 e. The summed E-state index contributed by atoms with van der Waals surface area (Å²) in [6, 6.07) is 5.77. The van der Waals surface area contributed by atoms with Crippen molar-refractivity contribution < 1.29 is 14.1 Å². The Morgan fingerprint density at radius 2 is 2.23 bits per heavy atom. The number of non-ortho nitro benzene ring substituents is 1. The van der Waals surface area contributed by atoms with E-state index in [1.165, 1.54) is 12.1 Å². The summed E-state index contributed by atoms with van der Waals surface area (Å²) in [6.07, 6.45) is -0.169. The van der Waals surface area contributed by atoms with Gasteiger partial charge in [-0.25, -0.2) is 4.39 Å². The number of nitro groups is 1. The summed E-state index contributed by atoms with van der Waals surface area (Å²) < 4.78 is 20.1. The van der Waals surface area contributed by atoms with E-state index in [4.69, 9.17) is 4.74 Å². The summed E-state index contributed by atoms with van der Waals surface area (Å²) >= 11 is 1.59. The van der Waals surface area contributed by atoms with E-state index in [1.54, 1.807) is 11.3 Å². The molecule has 22 heavy (non-hydrogen) atoms. The molecule has 0 aliphatic carbocycles. The Morgan fingerprint density at radius 3 is 2.86 bits per heavy atom. The minimum absolute atomic E-state index is 0.0479. The van der Waals surface area contributed by atoms with Crippen molar-refractivity contribution in [1.82, 2.24) is 0 Å². The van der Waals surface area contributed by atoms with Crippen molar-refractivity contribution in [3.63, 3.8) is 0 Å². The van der Waals surface area contributed by atoms with Crippen LogP contribution in [0.25, 0.3) is 0 Å². The van der Waals surface area contributed by atoms with Gasteiger partial charge in [-0.05, 0) is 35.4 Å². The molecule has 2 aromatic rings. The Hall–Kier alpha value is -1.99. The largest absolute Gasteiger partial charge is 0.367 e. The fourth-order valence-electron chi connectivity index (χ4n) is 2.66. The Balaban J connectivity index is 1.86. The molecule has 2 heterocycles. The van der Waals surface area contributed by atoms with E-state index in [-0.39, 0.29) is 17.9 Å². The first kappa shape index (κ1) is 14.9. The molecule has 5 nitrogen and oxygen atoms in total. The zero-order valence-corrected chi connectivity index (χ0v) is 12.8. The van der Waals surface area contributed by atoms with E-state index in [9.17, 15) is 14.5 Å². The van der Waals surface area contributed by atoms with Crippen LogP contribution in [0.3, 0.4) is 0 Å². The molecule has 1 aromatic carbocycles. The van der Waals surface area contributed by atoms with Crippen LogP contribution < -0.4 is 4.90 Å². The van der Waals surface area contributed by atoms with Crippen LogP contribution in [0, 0.1) is 15.9 Å². The molecule has 0 spiro atoms. The molecule has 1 saturated heterocycles. The van der Waals surface area contributed by atoms with Crippen LogP contribution in [0.15, 0.2) is 35.0 Å². The number of nitrogens with zero attached hydrogens (tertiary/aromatic N) is 2. The lowest BCUT2D eigenvalue weighted by molar-refractivity contribution is -0.385. The fraction of sp³-hybridized carbons (Fsp3) is 0.333. The van der Waals surface area contributed by atoms with E-state index in [1.807, 2.05) is 28.7 Å². The average Bonchev–Trinajstić information content (AvgIpc) is 3.00. The van der Waals surface area contributed by atoms with E-state index in [0.29, 0.717) is 18.8 Å². The SMILES string of the molecule is CC1CN(c2ccc([N+](=O)[O-])cc2F)CC(c2ccsc2)O1. The average molecular weight is 322 g/mol. The van der Waals surface area contributed by atoms with Crippen molar-refractivity contribution in [1.29, 1.82) is 0 Å². The number of morpholine rings is 1. The number of hydrogen-bond donors (Lipinski definition) is 0. The number of rotatable bonds is 3. The summed E-state index contributed by atoms with van der Waals surface area (Å²) in [7, 11) is 0. The third-order valence-electron chi connectivity index (χ3n) is 3.66. The highest BCUT2D eigenvalue weighted by Crippen LogP contribution is 2.32. The number of thiophene rings is 1. The number of anilines is 1. The molecule has 0 bridgehead atoms. The first-order valence-electron chi connectivity index (χ1n) is 6.91. The van der Waals surface area contributed by atoms with Gasteiger partial charge in [-0.3, -0.25) is 10.1 Å². The molecule has 1 aliphatic heterocycles. The maximum absolute atomic E-state index is 14.2. The third-order valence-corrected chi connectivity index (χ3v) is 4.36. The molecule has 0 saturated carbocycles. The highest BCUT2D eigenvalue weighted by Gasteiger charge is 2.28. The second-order valence-corrected chi connectivity index (χ2v) is 6.07. The topological polar surface area (TPSA) is 55.6 Å². The third kappa shape index (κ3) is 2.95. The number of hydrogen-bond acceptors (Lipinski definition) is 5. The minimum atomic E-state index is -0.594. The Labute approximate surface area is 131 Å². The molecule has 2 atom stereocenters. The van der Waals surface area contributed by atoms with Crippen LogP contribution in [0.2, 0.25) is 0 Å². The van der Waals surface area contributed by atoms with E-state index in [0.717, 1.165) is 11.6 Å². The summed E-state index contributed by atoms with van der Waals surface area (Å²) in [5.74, 6) is -0.577. The molecule has 3 rings (SSSR count). The minimum Gasteiger partial charge on any atom is -0.367 e. The van der Waals surface area contributed by atoms with Crippen LogP contribution in [0.4, 0.5) is 15.8 Å². The highest BCUT2D eigenvalue weighted by molar-refractivity contribution is 7.07. The molecule has 1 aliphatic rings. The zero-order valence-electron chi connectivity index (χ0n) is 11.9. The molecule has 2 unspecified atom stereocenters. The van der Waals surface area contributed by atoms with Gasteiger partial charge in [0.15, 0.2) is 5.82 Å². The van der Waals surface area contributed by atoms with Crippen LogP contribution in [-0.2, 0) is 4.74 Å². The maximum atomic E-state index is 14.2. The van der Waals surface area contributed by atoms with Gasteiger partial charge in [-0.15, -0.1) is 0 Å². The summed E-state index contributed by atoms with van der Waals surface area (Å²) in [5, 5.41) is 14.7. The normalized spacial score (nSPS) is 21.8. The maximum Gasteiger partial charge on any atom is 0.272 e. The van der Waals surface area contributed by atoms with Crippen molar-refractivity contribution in [3.05, 3.63) is 56.5 Å². The van der Waals surface area contributed by atoms with Gasteiger partial charge in [0.25, 0.3) is 5.69 Å². The van der Waals surface area contributed by atoms with Crippen molar-refractivity contribution in [2.45, 2.75) is 19.1 Å². The fourth-order valence-corrected chi connectivity index (χ4v) is 3.36. The van der Waals surface area contributed by atoms with E-state index in [2.05, 4.69) is 0 Å². The van der Waals surface area contributed by atoms with Crippen LogP contribution in [0.5, 0.6) is 0 Å². The number of halogens is 1. The molecule has 0 amide bonds. The van der Waals surface area contributed by atoms with Crippen LogP contribution in [-0.4, -0.2) is 24.1 Å². The second kappa shape index (κ2) is 6.02. The van der Waals surface area contributed by atoms with Crippen molar-refractivity contribution in [2.75, 3.05) is 18.0 Å². The quantitative estimate of drug-likeness (QED) is 0.638. The highest BCUT2D eigenvalue weighted by atomic mass is 32.1. The van der Waals surface area contributed by atoms with Crippen LogP contribution in [0.1, 0.15) is 18.6 Å². The van der Waals surface area contributed by atoms with Crippen molar-refractivity contribution in [3.8, 4) is 0 Å². The van der Waals surface area contributed by atoms with Gasteiger partial charge in [0, 0.05) is 19.2 Å². The van der Waals surface area contributed by atoms with Gasteiger partial charge in [0.1, 0.15) is 6.10 Å². The monoisotopic (exact) mass is 322 g/mol. The van der Waals surface area contributed by atoms with E-state index >= 15 is 0 Å². The predicted octanol–water partition coefficient (Wildman–Crippen LogP) is 3.76. The number of ether oxygens (including phenoxy) is 1. The summed E-state index contributed by atoms with van der Waals surface area (Å²) in [6.45, 7) is 3.01. The Morgan fingerprint density at radius 1 is 1.41 bits per heavy atom. The first-order valence-corrected chi connectivity index (χ1v) is 7.85.